The first-order chi connectivity index (χ1) is 1.73. The molecule has 1 unspecified atom stereocenters. The topological polar surface area (TPSA) is 186 Å². The molecule has 0 spiro atoms. The van der Waals surface area contributed by atoms with Crippen LogP contribution in [0.5, 0.6) is 0 Å². The molecule has 1 atom stereocenters. The molecule has 0 radical (unpaired) electrons. The molecule has 0 saturated carbocycles. The van der Waals surface area contributed by atoms with E-state index in [-0.39, 0.29) is 21.9 Å². The maximum absolute atomic E-state index is 8.56. The maximum Gasteiger partial charge on any atom is 0.0814 e. The van der Waals surface area contributed by atoms with E-state index >= 15 is 0 Å². The summed E-state index contributed by atoms with van der Waals surface area (Å²) in [6, 6.07) is 0. The van der Waals surface area contributed by atoms with Crippen molar-refractivity contribution in [2.75, 3.05) is 0 Å². The van der Waals surface area contributed by atoms with E-state index in [1.54, 1.807) is 0 Å². The van der Waals surface area contributed by atoms with Crippen LogP contribution in [0.3, 0.4) is 0 Å². The Bertz CT molecular complexity index is 27.4. The average molecular weight is 153 g/mol. The second kappa shape index (κ2) is 28.5. The Morgan fingerprint density at radius 2 is 1.12 bits per heavy atom. The van der Waals surface area contributed by atoms with E-state index in [4.69, 9.17) is 13.3 Å². The fourth-order valence-corrected chi connectivity index (χ4v) is 0. The molecule has 0 aromatic rings. The van der Waals surface area contributed by atoms with Crippen molar-refractivity contribution in [1.29, 1.82) is 0 Å². The van der Waals surface area contributed by atoms with Gasteiger partial charge in [-0.3, -0.25) is 0 Å². The zero-order valence-corrected chi connectivity index (χ0v) is 4.49. The van der Waals surface area contributed by atoms with Crippen LogP contribution in [0.4, 0.5) is 0 Å². The molecule has 0 amide bonds. The summed E-state index contributed by atoms with van der Waals surface area (Å²) in [4.78, 5) is 0. The minimum atomic E-state index is -2.86. The lowest BCUT2D eigenvalue weighted by Gasteiger charge is -1.83. The van der Waals surface area contributed by atoms with Crippen molar-refractivity contribution in [3.8, 4) is 0 Å². The first-order valence-electron chi connectivity index (χ1n) is 0.516. The molecule has 0 heterocycles. The molecular weight excluding hydrogens is 144 g/mol. The summed E-state index contributed by atoms with van der Waals surface area (Å²) in [5.41, 5.74) is 0. The highest BCUT2D eigenvalue weighted by Crippen LogP contribution is 1.43. The normalized spacial score (nSPS) is 7.75. The molecule has 9 N–H and O–H groups in total. The van der Waals surface area contributed by atoms with Crippen molar-refractivity contribution in [2.24, 2.45) is 0 Å². The highest BCUT2D eigenvalue weighted by molar-refractivity contribution is 7.73. The third-order valence-electron chi connectivity index (χ3n) is 0. The van der Waals surface area contributed by atoms with Gasteiger partial charge in [-0.2, -0.15) is 0 Å². The van der Waals surface area contributed by atoms with Gasteiger partial charge in [-0.05, 0) is 0 Å². The predicted molar refractivity (Wildman–Crippen MR) is 26.0 cm³/mol. The monoisotopic (exact) mass is 153 g/mol. The molecule has 8 heteroatoms. The number of hydrogen-bond donors (Lipinski definition) is 1. The SMILES string of the molecule is O.O.O.O.O=S([O-])O. The second-order valence-corrected chi connectivity index (χ2v) is 0.651. The molecule has 0 aliphatic rings. The Hall–Kier alpha value is -0.0900. The van der Waals surface area contributed by atoms with Gasteiger partial charge in [0.15, 0.2) is 0 Å². The van der Waals surface area contributed by atoms with Crippen molar-refractivity contribution >= 4 is 11.4 Å². The van der Waals surface area contributed by atoms with E-state index in [1.165, 1.54) is 0 Å². The largest absolute Gasteiger partial charge is 0.750 e. The van der Waals surface area contributed by atoms with Gasteiger partial charge in [-0.1, -0.05) is 0 Å². The highest BCUT2D eigenvalue weighted by Gasteiger charge is 1.42. The highest BCUT2D eigenvalue weighted by atomic mass is 32.2. The molecule has 0 saturated heterocycles. The van der Waals surface area contributed by atoms with Crippen LogP contribution in [0.2, 0.25) is 0 Å². The van der Waals surface area contributed by atoms with Crippen LogP contribution in [-0.2, 0) is 11.4 Å². The second-order valence-electron chi connectivity index (χ2n) is 0.217. The van der Waals surface area contributed by atoms with Crippen LogP contribution in [0, 0.1) is 0 Å². The smallest absolute Gasteiger partial charge is 0.0814 e. The Morgan fingerprint density at radius 3 is 1.12 bits per heavy atom. The van der Waals surface area contributed by atoms with Crippen molar-refractivity contribution in [3.63, 3.8) is 0 Å². The van der Waals surface area contributed by atoms with E-state index < -0.39 is 11.4 Å². The van der Waals surface area contributed by atoms with Crippen LogP contribution in [0.25, 0.3) is 0 Å². The van der Waals surface area contributed by atoms with E-state index in [1.807, 2.05) is 0 Å². The van der Waals surface area contributed by atoms with Crippen molar-refractivity contribution in [3.05, 3.63) is 0 Å². The van der Waals surface area contributed by atoms with Crippen molar-refractivity contribution in [2.45, 2.75) is 0 Å². The van der Waals surface area contributed by atoms with E-state index in [0.717, 1.165) is 0 Å². The molecule has 8 heavy (non-hydrogen) atoms. The molecule has 0 fully saturated rings. The summed E-state index contributed by atoms with van der Waals surface area (Å²) in [6.07, 6.45) is 0. The Labute approximate surface area is 47.7 Å². The summed E-state index contributed by atoms with van der Waals surface area (Å²) in [7, 11) is 0. The lowest BCUT2D eigenvalue weighted by atomic mass is 15.8. The average Bonchev–Trinajstić information content (AvgIpc) is 0.811. The third-order valence-corrected chi connectivity index (χ3v) is 0. The fourth-order valence-electron chi connectivity index (χ4n) is 0. The lowest BCUT2D eigenvalue weighted by molar-refractivity contribution is 0.436. The molecule has 7 nitrogen and oxygen atoms in total. The molecule has 0 aliphatic heterocycles. The van der Waals surface area contributed by atoms with Crippen molar-refractivity contribution in [1.82, 2.24) is 0 Å². The van der Waals surface area contributed by atoms with Gasteiger partial charge in [0, 0.05) is 0 Å². The van der Waals surface area contributed by atoms with Crippen LogP contribution in [0.15, 0.2) is 0 Å². The molecular formula is H9O7S-. The molecule has 0 rings (SSSR count). The van der Waals surface area contributed by atoms with Crippen LogP contribution < -0.4 is 0 Å². The minimum Gasteiger partial charge on any atom is -0.750 e. The molecule has 0 aliphatic carbocycles. The summed E-state index contributed by atoms with van der Waals surface area (Å²) in [5.74, 6) is 0. The quantitative estimate of drug-likeness (QED) is 0.348. The van der Waals surface area contributed by atoms with Gasteiger partial charge in [-0.15, -0.1) is 0 Å². The van der Waals surface area contributed by atoms with Crippen molar-refractivity contribution < 1.29 is 35.2 Å². The predicted octanol–water partition coefficient (Wildman–Crippen LogP) is -3.96. The zero-order valence-electron chi connectivity index (χ0n) is 3.67. The zero-order chi connectivity index (χ0) is 3.58. The van der Waals surface area contributed by atoms with Gasteiger partial charge in [0.25, 0.3) is 0 Å². The minimum absolute atomic E-state index is 0. The van der Waals surface area contributed by atoms with Gasteiger partial charge in [0.05, 0.1) is 11.4 Å². The first-order valence-corrected chi connectivity index (χ1v) is 1.55. The molecule has 0 aromatic heterocycles. The fraction of sp³-hybridized carbons (Fsp3) is 0. The first kappa shape index (κ1) is 44.6. The maximum atomic E-state index is 8.56. The van der Waals surface area contributed by atoms with Gasteiger partial charge < -0.3 is 31.0 Å². The molecule has 0 bridgehead atoms. The summed E-state index contributed by atoms with van der Waals surface area (Å²) in [6.45, 7) is 0. The van der Waals surface area contributed by atoms with Gasteiger partial charge in [0.2, 0.25) is 0 Å². The summed E-state index contributed by atoms with van der Waals surface area (Å²) in [5, 5.41) is 0. The molecule has 0 aromatic carbocycles. The van der Waals surface area contributed by atoms with Crippen LogP contribution in [0.1, 0.15) is 0 Å². The van der Waals surface area contributed by atoms with E-state index in [0.29, 0.717) is 0 Å². The summed E-state index contributed by atoms with van der Waals surface area (Å²) >= 11 is -2.86. The van der Waals surface area contributed by atoms with Crippen LogP contribution >= 0.6 is 0 Å². The lowest BCUT2D eigenvalue weighted by Crippen LogP contribution is -1.75. The Balaban J connectivity index is -0.00000000750. The van der Waals surface area contributed by atoms with E-state index in [2.05, 4.69) is 0 Å². The van der Waals surface area contributed by atoms with Gasteiger partial charge >= 0.3 is 0 Å². The number of rotatable bonds is 0. The Morgan fingerprint density at radius 1 is 1.12 bits per heavy atom. The van der Waals surface area contributed by atoms with Gasteiger partial charge in [0.1, 0.15) is 0 Å². The summed E-state index contributed by atoms with van der Waals surface area (Å²) < 4.78 is 24.1. The Kier molecular flexibility index (Phi) is 159. The standard InChI is InChI=1S/H2O3S.4H2O/c1-4(2)3;;;;/h(H2,1,2,3);4*1H2/p-1. The molecule has 58 valence electrons. The number of hydrogen-bond acceptors (Lipinski definition) is 2. The third kappa shape index (κ3) is 17600. The van der Waals surface area contributed by atoms with E-state index in [9.17, 15) is 0 Å². The van der Waals surface area contributed by atoms with Crippen LogP contribution in [-0.4, -0.2) is 35.2 Å². The van der Waals surface area contributed by atoms with Gasteiger partial charge in [-0.25, -0.2) is 4.21 Å².